The number of hydrogen-bond acceptors (Lipinski definition) is 2. The van der Waals surface area contributed by atoms with Crippen molar-refractivity contribution in [2.24, 2.45) is 5.92 Å². The smallest absolute Gasteiger partial charge is 0.0460 e. The van der Waals surface area contributed by atoms with Gasteiger partial charge in [-0.1, -0.05) is 32.3 Å². The van der Waals surface area contributed by atoms with E-state index in [1.54, 1.807) is 0 Å². The predicted molar refractivity (Wildman–Crippen MR) is 93.3 cm³/mol. The quantitative estimate of drug-likeness (QED) is 0.832. The Labute approximate surface area is 135 Å². The van der Waals surface area contributed by atoms with Crippen molar-refractivity contribution in [1.29, 1.82) is 0 Å². The standard InChI is InChI=1S/C19H31N3/c1-4-19-14-20-13-18(11-10-15(2)22-19)16(3)21-12-17-8-6-5-7-9-17/h10-11,13-14,16-17,21-22H,4-9,12H2,1-3H3. The number of aromatic amines is 1. The normalized spacial score (nSPS) is 17.0. The molecular formula is C19H31N3. The first kappa shape index (κ1) is 17.0. The lowest BCUT2D eigenvalue weighted by atomic mass is 9.89. The van der Waals surface area contributed by atoms with Gasteiger partial charge in [0.05, 0.1) is 0 Å². The van der Waals surface area contributed by atoms with Gasteiger partial charge in [-0.15, -0.1) is 0 Å². The van der Waals surface area contributed by atoms with Crippen LogP contribution < -0.4 is 5.32 Å². The third-order valence-electron chi connectivity index (χ3n) is 4.66. The maximum atomic E-state index is 4.48. The van der Waals surface area contributed by atoms with Crippen LogP contribution in [-0.4, -0.2) is 16.5 Å². The molecule has 3 nitrogen and oxygen atoms in total. The molecule has 122 valence electrons. The summed E-state index contributed by atoms with van der Waals surface area (Å²) in [6, 6.07) is 4.66. The highest BCUT2D eigenvalue weighted by Crippen LogP contribution is 2.23. The van der Waals surface area contributed by atoms with E-state index in [2.05, 4.69) is 48.2 Å². The van der Waals surface area contributed by atoms with E-state index in [1.807, 2.05) is 12.4 Å². The van der Waals surface area contributed by atoms with Gasteiger partial charge in [0, 0.05) is 29.8 Å². The van der Waals surface area contributed by atoms with Crippen LogP contribution in [0.15, 0.2) is 24.5 Å². The molecule has 3 heteroatoms. The highest BCUT2D eigenvalue weighted by molar-refractivity contribution is 5.14. The number of H-pyrrole nitrogens is 1. The molecule has 1 atom stereocenters. The average Bonchev–Trinajstić information content (AvgIpc) is 2.64. The lowest BCUT2D eigenvalue weighted by molar-refractivity contribution is 0.331. The minimum absolute atomic E-state index is 0.339. The summed E-state index contributed by atoms with van der Waals surface area (Å²) >= 11 is 0. The van der Waals surface area contributed by atoms with Gasteiger partial charge >= 0.3 is 0 Å². The fraction of sp³-hybridized carbons (Fsp3) is 0.632. The van der Waals surface area contributed by atoms with Crippen LogP contribution in [0.1, 0.15) is 68.9 Å². The molecule has 1 unspecified atom stereocenters. The number of rotatable bonds is 5. The number of nitrogens with zero attached hydrogens (tertiary/aromatic N) is 1. The van der Waals surface area contributed by atoms with Crippen molar-refractivity contribution in [3.05, 3.63) is 41.5 Å². The first-order valence-corrected chi connectivity index (χ1v) is 8.80. The molecule has 0 bridgehead atoms. The highest BCUT2D eigenvalue weighted by atomic mass is 14.9. The topological polar surface area (TPSA) is 40.7 Å². The van der Waals surface area contributed by atoms with Gasteiger partial charge in [-0.3, -0.25) is 4.98 Å². The first-order valence-electron chi connectivity index (χ1n) is 8.80. The maximum absolute atomic E-state index is 4.48. The zero-order chi connectivity index (χ0) is 15.8. The fourth-order valence-electron chi connectivity index (χ4n) is 3.09. The maximum Gasteiger partial charge on any atom is 0.0460 e. The van der Waals surface area contributed by atoms with Crippen LogP contribution in [0.3, 0.4) is 0 Å². The van der Waals surface area contributed by atoms with Gasteiger partial charge in [0.15, 0.2) is 0 Å². The Kier molecular flexibility index (Phi) is 6.91. The Morgan fingerprint density at radius 1 is 1.23 bits per heavy atom. The zero-order valence-electron chi connectivity index (χ0n) is 14.4. The molecule has 0 radical (unpaired) electrons. The van der Waals surface area contributed by atoms with Crippen LogP contribution in [0, 0.1) is 12.8 Å². The van der Waals surface area contributed by atoms with Crippen LogP contribution in [-0.2, 0) is 6.42 Å². The van der Waals surface area contributed by atoms with Crippen LogP contribution >= 0.6 is 0 Å². The van der Waals surface area contributed by atoms with Crippen LogP contribution in [0.5, 0.6) is 0 Å². The number of hydrogen-bond donors (Lipinski definition) is 2. The van der Waals surface area contributed by atoms with Gasteiger partial charge < -0.3 is 10.3 Å². The minimum atomic E-state index is 0.339. The molecule has 1 aliphatic rings. The van der Waals surface area contributed by atoms with Crippen molar-refractivity contribution in [2.45, 2.75) is 65.3 Å². The van der Waals surface area contributed by atoms with Crippen molar-refractivity contribution in [3.8, 4) is 0 Å². The van der Waals surface area contributed by atoms with Gasteiger partial charge in [-0.25, -0.2) is 0 Å². The second-order valence-electron chi connectivity index (χ2n) is 6.56. The summed E-state index contributed by atoms with van der Waals surface area (Å²) < 4.78 is 0. The molecule has 2 rings (SSSR count). The van der Waals surface area contributed by atoms with Crippen molar-refractivity contribution in [2.75, 3.05) is 6.54 Å². The van der Waals surface area contributed by atoms with E-state index < -0.39 is 0 Å². The van der Waals surface area contributed by atoms with Crippen LogP contribution in [0.4, 0.5) is 0 Å². The van der Waals surface area contributed by atoms with Gasteiger partial charge in [0.25, 0.3) is 0 Å². The van der Waals surface area contributed by atoms with E-state index in [1.165, 1.54) is 37.7 Å². The average molecular weight is 301 g/mol. The molecule has 0 spiro atoms. The van der Waals surface area contributed by atoms with Gasteiger partial charge in [-0.2, -0.15) is 0 Å². The summed E-state index contributed by atoms with van der Waals surface area (Å²) in [5.41, 5.74) is 3.56. The molecule has 1 heterocycles. The molecule has 1 fully saturated rings. The SMILES string of the molecule is CCc1cncc(C(C)NCC2CCCCC2)ccc(C)[nH]1. The van der Waals surface area contributed by atoms with Gasteiger partial charge in [0.1, 0.15) is 0 Å². The molecule has 2 N–H and O–H groups in total. The molecule has 22 heavy (non-hydrogen) atoms. The second-order valence-corrected chi connectivity index (χ2v) is 6.56. The lowest BCUT2D eigenvalue weighted by Crippen LogP contribution is -2.27. The Morgan fingerprint density at radius 3 is 2.73 bits per heavy atom. The van der Waals surface area contributed by atoms with E-state index in [0.717, 1.165) is 30.3 Å². The van der Waals surface area contributed by atoms with Gasteiger partial charge in [0.2, 0.25) is 0 Å². The van der Waals surface area contributed by atoms with Gasteiger partial charge in [-0.05, 0) is 57.2 Å². The van der Waals surface area contributed by atoms with E-state index in [0.29, 0.717) is 6.04 Å². The Balaban J connectivity index is 2.04. The van der Waals surface area contributed by atoms with E-state index in [9.17, 15) is 0 Å². The van der Waals surface area contributed by atoms with E-state index in [4.69, 9.17) is 0 Å². The Morgan fingerprint density at radius 2 is 2.00 bits per heavy atom. The molecular weight excluding hydrogens is 270 g/mol. The third-order valence-corrected chi connectivity index (χ3v) is 4.66. The van der Waals surface area contributed by atoms with Crippen molar-refractivity contribution < 1.29 is 0 Å². The molecule has 1 saturated carbocycles. The molecule has 0 aromatic carbocycles. The second kappa shape index (κ2) is 8.94. The number of aromatic nitrogens is 2. The van der Waals surface area contributed by atoms with Crippen molar-refractivity contribution in [3.63, 3.8) is 0 Å². The van der Waals surface area contributed by atoms with E-state index in [-0.39, 0.29) is 0 Å². The molecule has 1 aromatic rings. The largest absolute Gasteiger partial charge is 0.361 e. The number of nitrogens with one attached hydrogen (secondary N) is 2. The lowest BCUT2D eigenvalue weighted by Gasteiger charge is -2.24. The zero-order valence-corrected chi connectivity index (χ0v) is 14.4. The molecule has 0 saturated heterocycles. The third kappa shape index (κ3) is 5.45. The fourth-order valence-corrected chi connectivity index (χ4v) is 3.09. The molecule has 1 aliphatic carbocycles. The summed E-state index contributed by atoms with van der Waals surface area (Å²) in [6.07, 6.45) is 11.9. The first-order chi connectivity index (χ1) is 10.7. The molecule has 0 aliphatic heterocycles. The summed E-state index contributed by atoms with van der Waals surface area (Å²) in [5.74, 6) is 0.857. The minimum Gasteiger partial charge on any atom is -0.361 e. The highest BCUT2D eigenvalue weighted by Gasteiger charge is 2.14. The van der Waals surface area contributed by atoms with Crippen LogP contribution in [0.2, 0.25) is 0 Å². The van der Waals surface area contributed by atoms with Crippen LogP contribution in [0.25, 0.3) is 0 Å². The van der Waals surface area contributed by atoms with E-state index >= 15 is 0 Å². The summed E-state index contributed by atoms with van der Waals surface area (Å²) in [7, 11) is 0. The molecule has 1 aromatic heterocycles. The van der Waals surface area contributed by atoms with Crippen molar-refractivity contribution >= 4 is 0 Å². The summed E-state index contributed by atoms with van der Waals surface area (Å²) in [5, 5.41) is 3.70. The van der Waals surface area contributed by atoms with Crippen molar-refractivity contribution in [1.82, 2.24) is 15.3 Å². The number of aryl methyl sites for hydroxylation is 2. The monoisotopic (exact) mass is 301 g/mol. The summed E-state index contributed by atoms with van der Waals surface area (Å²) in [4.78, 5) is 7.88. The predicted octanol–water partition coefficient (Wildman–Crippen LogP) is 4.64. The Bertz CT molecular complexity index is 499. The Hall–Kier alpha value is -1.35. The summed E-state index contributed by atoms with van der Waals surface area (Å²) in [6.45, 7) is 7.61. The molecule has 0 amide bonds.